The molecule has 3 atom stereocenters. The fourth-order valence-electron chi connectivity index (χ4n) is 3.55. The van der Waals surface area contributed by atoms with Crippen LogP contribution in [0.5, 0.6) is 0 Å². The van der Waals surface area contributed by atoms with Crippen LogP contribution in [0.3, 0.4) is 0 Å². The second-order valence-corrected chi connectivity index (χ2v) is 8.91. The molecule has 5 heteroatoms. The number of carbonyl (C=O) groups excluding carboxylic acids is 4. The lowest BCUT2D eigenvalue weighted by molar-refractivity contribution is -0.154. The summed E-state index contributed by atoms with van der Waals surface area (Å²) in [5.41, 5.74) is -2.34. The molecule has 3 unspecified atom stereocenters. The monoisotopic (exact) mass is 366 g/mol. The zero-order valence-electron chi connectivity index (χ0n) is 17.0. The highest BCUT2D eigenvalue weighted by Gasteiger charge is 2.64. The van der Waals surface area contributed by atoms with E-state index in [9.17, 15) is 24.3 Å². The van der Waals surface area contributed by atoms with Crippen LogP contribution in [0.1, 0.15) is 73.6 Å². The Labute approximate surface area is 156 Å². The van der Waals surface area contributed by atoms with E-state index in [0.717, 1.165) is 0 Å². The van der Waals surface area contributed by atoms with Gasteiger partial charge >= 0.3 is 0 Å². The summed E-state index contributed by atoms with van der Waals surface area (Å²) < 4.78 is 0. The van der Waals surface area contributed by atoms with Crippen molar-refractivity contribution >= 4 is 23.1 Å². The zero-order chi connectivity index (χ0) is 20.2. The molecule has 0 aromatic carbocycles. The molecule has 1 aliphatic rings. The number of ketones is 4. The number of Topliss-reactive ketones (excluding diaryl/α,β-unsaturated/α-hetero) is 4. The van der Waals surface area contributed by atoms with Crippen molar-refractivity contribution in [3.8, 4) is 0 Å². The Morgan fingerprint density at radius 3 is 1.96 bits per heavy atom. The van der Waals surface area contributed by atoms with E-state index in [1.165, 1.54) is 0 Å². The maximum absolute atomic E-state index is 12.9. The molecule has 0 radical (unpaired) electrons. The quantitative estimate of drug-likeness (QED) is 0.600. The molecule has 0 heterocycles. The van der Waals surface area contributed by atoms with E-state index in [0.29, 0.717) is 12.8 Å². The first-order valence-electron chi connectivity index (χ1n) is 9.79. The Hall–Kier alpha value is -1.36. The smallest absolute Gasteiger partial charge is 0.192 e. The van der Waals surface area contributed by atoms with E-state index in [-0.39, 0.29) is 37.0 Å². The Kier molecular flexibility index (Phi) is 7.87. The molecule has 1 rings (SSSR count). The van der Waals surface area contributed by atoms with Gasteiger partial charge in [-0.2, -0.15) is 0 Å². The Morgan fingerprint density at radius 1 is 0.962 bits per heavy atom. The predicted octanol–water partition coefficient (Wildman–Crippen LogP) is 3.16. The van der Waals surface area contributed by atoms with Crippen LogP contribution in [0.2, 0.25) is 0 Å². The minimum Gasteiger partial charge on any atom is -0.374 e. The maximum atomic E-state index is 12.9. The molecule has 0 spiro atoms. The molecule has 1 aliphatic carbocycles. The van der Waals surface area contributed by atoms with Crippen LogP contribution in [0.4, 0.5) is 0 Å². The molecule has 0 bridgehead atoms. The van der Waals surface area contributed by atoms with Crippen LogP contribution in [-0.4, -0.2) is 33.8 Å². The highest BCUT2D eigenvalue weighted by atomic mass is 16.3. The highest BCUT2D eigenvalue weighted by molar-refractivity contribution is 6.33. The Balaban J connectivity index is 3.19. The third kappa shape index (κ3) is 4.87. The van der Waals surface area contributed by atoms with Crippen LogP contribution in [0.25, 0.3) is 0 Å². The predicted molar refractivity (Wildman–Crippen MR) is 99.6 cm³/mol. The molecular weight excluding hydrogens is 332 g/mol. The largest absolute Gasteiger partial charge is 0.374 e. The summed E-state index contributed by atoms with van der Waals surface area (Å²) in [5, 5.41) is 11.1. The average Bonchev–Trinajstić information content (AvgIpc) is 2.69. The molecule has 148 valence electrons. The molecule has 1 saturated carbocycles. The molecule has 26 heavy (non-hydrogen) atoms. The second-order valence-electron chi connectivity index (χ2n) is 8.91. The molecule has 0 aromatic heterocycles. The fourth-order valence-corrected chi connectivity index (χ4v) is 3.55. The van der Waals surface area contributed by atoms with E-state index in [1.807, 2.05) is 41.5 Å². The van der Waals surface area contributed by atoms with Crippen molar-refractivity contribution in [2.45, 2.75) is 79.2 Å². The van der Waals surface area contributed by atoms with Crippen molar-refractivity contribution < 1.29 is 24.3 Å². The number of hydrogen-bond acceptors (Lipinski definition) is 5. The summed E-state index contributed by atoms with van der Waals surface area (Å²) in [6.45, 7) is 11.5. The molecule has 1 fully saturated rings. The fraction of sp³-hybridized carbons (Fsp3) is 0.810. The molecule has 0 aromatic rings. The summed E-state index contributed by atoms with van der Waals surface area (Å²) in [5.74, 6) is -4.63. The third-order valence-corrected chi connectivity index (χ3v) is 5.11. The molecule has 0 saturated heterocycles. The van der Waals surface area contributed by atoms with Crippen molar-refractivity contribution in [3.63, 3.8) is 0 Å². The molecule has 0 aliphatic heterocycles. The SMILES string of the molecule is CC(C)CCC(=O)C1(O)C(=O)C(C(=O)CC(C)C)C(=O)C1CCC(C)C. The first-order valence-corrected chi connectivity index (χ1v) is 9.79. The number of rotatable bonds is 10. The number of aliphatic hydroxyl groups is 1. The van der Waals surface area contributed by atoms with Gasteiger partial charge in [-0.25, -0.2) is 0 Å². The van der Waals surface area contributed by atoms with Gasteiger partial charge in [-0.3, -0.25) is 19.2 Å². The van der Waals surface area contributed by atoms with Gasteiger partial charge in [-0.15, -0.1) is 0 Å². The van der Waals surface area contributed by atoms with Gasteiger partial charge in [0.15, 0.2) is 28.7 Å². The summed E-state index contributed by atoms with van der Waals surface area (Å²) in [4.78, 5) is 51.0. The van der Waals surface area contributed by atoms with Gasteiger partial charge in [0, 0.05) is 12.8 Å². The van der Waals surface area contributed by atoms with Gasteiger partial charge in [0.25, 0.3) is 0 Å². The first-order chi connectivity index (χ1) is 11.9. The molecule has 5 nitrogen and oxygen atoms in total. The summed E-state index contributed by atoms with van der Waals surface area (Å²) in [7, 11) is 0. The van der Waals surface area contributed by atoms with Crippen LogP contribution in [-0.2, 0) is 19.2 Å². The Morgan fingerprint density at radius 2 is 1.50 bits per heavy atom. The van der Waals surface area contributed by atoms with Gasteiger partial charge < -0.3 is 5.11 Å². The summed E-state index contributed by atoms with van der Waals surface area (Å²) in [6, 6.07) is 0. The van der Waals surface area contributed by atoms with E-state index in [4.69, 9.17) is 0 Å². The molecule has 1 N–H and O–H groups in total. The van der Waals surface area contributed by atoms with Crippen molar-refractivity contribution in [1.82, 2.24) is 0 Å². The third-order valence-electron chi connectivity index (χ3n) is 5.11. The lowest BCUT2D eigenvalue weighted by Crippen LogP contribution is -2.50. The van der Waals surface area contributed by atoms with E-state index in [1.54, 1.807) is 0 Å². The maximum Gasteiger partial charge on any atom is 0.192 e. The van der Waals surface area contributed by atoms with Crippen molar-refractivity contribution in [2.75, 3.05) is 0 Å². The normalized spacial score (nSPS) is 26.4. The lowest BCUT2D eigenvalue weighted by Gasteiger charge is -2.26. The topological polar surface area (TPSA) is 88.5 Å². The van der Waals surface area contributed by atoms with Gasteiger partial charge in [-0.1, -0.05) is 48.0 Å². The van der Waals surface area contributed by atoms with E-state index >= 15 is 0 Å². The van der Waals surface area contributed by atoms with Crippen LogP contribution in [0.15, 0.2) is 0 Å². The van der Waals surface area contributed by atoms with E-state index in [2.05, 4.69) is 0 Å². The minimum absolute atomic E-state index is 0.00236. The van der Waals surface area contributed by atoms with Crippen molar-refractivity contribution in [2.24, 2.45) is 29.6 Å². The van der Waals surface area contributed by atoms with Gasteiger partial charge in [0.2, 0.25) is 0 Å². The first kappa shape index (κ1) is 22.7. The van der Waals surface area contributed by atoms with Crippen LogP contribution in [0, 0.1) is 29.6 Å². The standard InChI is InChI=1S/C21H34O5/c1-12(2)7-9-15-19(24)18(16(22)11-14(5)6)20(25)21(15,26)17(23)10-8-13(3)4/h12-15,18,26H,7-11H2,1-6H3. The minimum atomic E-state index is -2.34. The summed E-state index contributed by atoms with van der Waals surface area (Å²) >= 11 is 0. The lowest BCUT2D eigenvalue weighted by atomic mass is 9.79. The van der Waals surface area contributed by atoms with Crippen molar-refractivity contribution in [1.29, 1.82) is 0 Å². The zero-order valence-corrected chi connectivity index (χ0v) is 17.0. The van der Waals surface area contributed by atoms with E-state index < -0.39 is 40.6 Å². The molecule has 0 amide bonds. The Bertz CT molecular complexity index is 561. The molecular formula is C21H34O5. The van der Waals surface area contributed by atoms with Crippen LogP contribution >= 0.6 is 0 Å². The van der Waals surface area contributed by atoms with Gasteiger partial charge in [0.05, 0.1) is 5.92 Å². The average molecular weight is 366 g/mol. The second kappa shape index (κ2) is 9.03. The highest BCUT2D eigenvalue weighted by Crippen LogP contribution is 2.40. The number of carbonyl (C=O) groups is 4. The summed E-state index contributed by atoms with van der Waals surface area (Å²) in [6.07, 6.45) is 1.52. The van der Waals surface area contributed by atoms with Crippen LogP contribution < -0.4 is 0 Å². The van der Waals surface area contributed by atoms with Crippen molar-refractivity contribution in [3.05, 3.63) is 0 Å². The van der Waals surface area contributed by atoms with Gasteiger partial charge in [0.1, 0.15) is 5.92 Å². The number of hydrogen-bond donors (Lipinski definition) is 1. The van der Waals surface area contributed by atoms with Gasteiger partial charge in [-0.05, 0) is 30.6 Å².